The Kier molecular flexibility index (Phi) is 3.82. The van der Waals surface area contributed by atoms with Crippen molar-refractivity contribution < 1.29 is 18.9 Å². The van der Waals surface area contributed by atoms with E-state index >= 15 is 0 Å². The van der Waals surface area contributed by atoms with Gasteiger partial charge in [0.1, 0.15) is 6.61 Å². The maximum absolute atomic E-state index is 5.51. The maximum Gasteiger partial charge on any atom is 0.189 e. The monoisotopic (exact) mass is 210 g/mol. The molecular formula is C11H14O4. The fourth-order valence-corrected chi connectivity index (χ4v) is 1.28. The first-order chi connectivity index (χ1) is 7.47. The highest BCUT2D eigenvalue weighted by Crippen LogP contribution is 2.26. The maximum atomic E-state index is 5.51. The van der Waals surface area contributed by atoms with Gasteiger partial charge < -0.3 is 18.9 Å². The third-order valence-corrected chi connectivity index (χ3v) is 2.00. The van der Waals surface area contributed by atoms with Crippen molar-refractivity contribution in [2.75, 3.05) is 33.2 Å². The summed E-state index contributed by atoms with van der Waals surface area (Å²) in [6.07, 6.45) is 0. The first-order valence-corrected chi connectivity index (χ1v) is 4.97. The van der Waals surface area contributed by atoms with Crippen LogP contribution in [-0.4, -0.2) is 33.2 Å². The Bertz CT molecular complexity index is 271. The predicted octanol–water partition coefficient (Wildman–Crippen LogP) is 1.45. The van der Waals surface area contributed by atoms with Crippen LogP contribution in [0.5, 0.6) is 11.5 Å². The number of para-hydroxylation sites is 2. The summed E-state index contributed by atoms with van der Waals surface area (Å²) in [5.74, 6) is 1.44. The minimum atomic E-state index is 0.226. The van der Waals surface area contributed by atoms with Crippen LogP contribution in [-0.2, 0) is 9.47 Å². The van der Waals surface area contributed by atoms with Crippen molar-refractivity contribution in [3.63, 3.8) is 0 Å². The number of hydrogen-bond acceptors (Lipinski definition) is 4. The molecule has 1 aromatic rings. The van der Waals surface area contributed by atoms with Crippen LogP contribution in [0.15, 0.2) is 24.3 Å². The largest absolute Gasteiger partial charge is 0.487 e. The second-order valence-corrected chi connectivity index (χ2v) is 3.08. The molecule has 4 nitrogen and oxygen atoms in total. The summed E-state index contributed by atoms with van der Waals surface area (Å²) >= 11 is 0. The van der Waals surface area contributed by atoms with Gasteiger partial charge in [-0.3, -0.25) is 0 Å². The van der Waals surface area contributed by atoms with Crippen molar-refractivity contribution in [2.45, 2.75) is 0 Å². The SMILES string of the molecule is c1ccc2c(c1)OCCOCCOCO2. The molecule has 0 saturated heterocycles. The minimum Gasteiger partial charge on any atom is -0.487 e. The van der Waals surface area contributed by atoms with E-state index in [1.54, 1.807) is 0 Å². The fraction of sp³-hybridized carbons (Fsp3) is 0.455. The van der Waals surface area contributed by atoms with E-state index in [9.17, 15) is 0 Å². The van der Waals surface area contributed by atoms with Gasteiger partial charge in [-0.05, 0) is 12.1 Å². The van der Waals surface area contributed by atoms with Crippen molar-refractivity contribution in [3.05, 3.63) is 24.3 Å². The van der Waals surface area contributed by atoms with Crippen LogP contribution < -0.4 is 9.47 Å². The Morgan fingerprint density at radius 2 is 1.40 bits per heavy atom. The number of ether oxygens (including phenoxy) is 4. The highest BCUT2D eigenvalue weighted by molar-refractivity contribution is 5.39. The van der Waals surface area contributed by atoms with Crippen LogP contribution in [0.2, 0.25) is 0 Å². The molecule has 1 aliphatic rings. The molecule has 0 unspecified atom stereocenters. The zero-order valence-corrected chi connectivity index (χ0v) is 8.48. The van der Waals surface area contributed by atoms with Gasteiger partial charge in [-0.2, -0.15) is 0 Å². The highest BCUT2D eigenvalue weighted by Gasteiger charge is 2.05. The molecule has 0 aliphatic carbocycles. The molecule has 0 bridgehead atoms. The molecule has 0 N–H and O–H groups in total. The molecular weight excluding hydrogens is 196 g/mol. The summed E-state index contributed by atoms with van der Waals surface area (Å²) in [5.41, 5.74) is 0. The van der Waals surface area contributed by atoms with Gasteiger partial charge in [0.05, 0.1) is 19.8 Å². The molecule has 0 saturated carbocycles. The fourth-order valence-electron chi connectivity index (χ4n) is 1.28. The molecule has 1 aliphatic heterocycles. The average molecular weight is 210 g/mol. The van der Waals surface area contributed by atoms with E-state index in [1.807, 2.05) is 24.3 Å². The first kappa shape index (κ1) is 10.3. The number of benzene rings is 1. The van der Waals surface area contributed by atoms with Gasteiger partial charge in [0, 0.05) is 0 Å². The van der Waals surface area contributed by atoms with Crippen molar-refractivity contribution in [3.8, 4) is 11.5 Å². The van der Waals surface area contributed by atoms with Crippen LogP contribution in [0.1, 0.15) is 0 Å². The zero-order valence-electron chi connectivity index (χ0n) is 8.48. The molecule has 4 heteroatoms. The van der Waals surface area contributed by atoms with E-state index < -0.39 is 0 Å². The Morgan fingerprint density at radius 3 is 2.27 bits per heavy atom. The smallest absolute Gasteiger partial charge is 0.189 e. The zero-order chi connectivity index (χ0) is 10.3. The summed E-state index contributed by atoms with van der Waals surface area (Å²) in [5, 5.41) is 0. The standard InChI is InChI=1S/C11H14O4/c1-2-4-11-10(3-1)14-8-7-12-5-6-13-9-15-11/h1-4H,5-9H2. The summed E-state index contributed by atoms with van der Waals surface area (Å²) < 4.78 is 21.4. The second-order valence-electron chi connectivity index (χ2n) is 3.08. The normalized spacial score (nSPS) is 17.9. The number of fused-ring (bicyclic) bond motifs is 1. The van der Waals surface area contributed by atoms with Gasteiger partial charge in [-0.25, -0.2) is 0 Å². The van der Waals surface area contributed by atoms with Gasteiger partial charge in [0.2, 0.25) is 0 Å². The van der Waals surface area contributed by atoms with Crippen molar-refractivity contribution in [1.29, 1.82) is 0 Å². The molecule has 0 amide bonds. The van der Waals surface area contributed by atoms with E-state index in [4.69, 9.17) is 18.9 Å². The number of rotatable bonds is 0. The summed E-state index contributed by atoms with van der Waals surface area (Å²) in [6, 6.07) is 7.53. The van der Waals surface area contributed by atoms with Crippen LogP contribution in [0, 0.1) is 0 Å². The van der Waals surface area contributed by atoms with Crippen LogP contribution in [0.25, 0.3) is 0 Å². The number of hydrogen-bond donors (Lipinski definition) is 0. The Hall–Kier alpha value is -1.26. The Morgan fingerprint density at radius 1 is 0.733 bits per heavy atom. The summed E-state index contributed by atoms with van der Waals surface area (Å²) in [7, 11) is 0. The second kappa shape index (κ2) is 5.58. The van der Waals surface area contributed by atoms with Gasteiger partial charge in [0.15, 0.2) is 18.3 Å². The van der Waals surface area contributed by atoms with Crippen molar-refractivity contribution in [2.24, 2.45) is 0 Å². The Balaban J connectivity index is 2.04. The molecule has 82 valence electrons. The lowest BCUT2D eigenvalue weighted by atomic mass is 10.3. The Labute approximate surface area is 88.7 Å². The van der Waals surface area contributed by atoms with E-state index in [0.717, 1.165) is 5.75 Å². The molecule has 0 atom stereocenters. The minimum absolute atomic E-state index is 0.226. The molecule has 0 aromatic heterocycles. The van der Waals surface area contributed by atoms with Crippen LogP contribution >= 0.6 is 0 Å². The average Bonchev–Trinajstić information content (AvgIpc) is 2.32. The summed E-state index contributed by atoms with van der Waals surface area (Å²) in [6.45, 7) is 2.44. The summed E-state index contributed by atoms with van der Waals surface area (Å²) in [4.78, 5) is 0. The van der Waals surface area contributed by atoms with Gasteiger partial charge in [0.25, 0.3) is 0 Å². The van der Waals surface area contributed by atoms with Crippen LogP contribution in [0.3, 0.4) is 0 Å². The van der Waals surface area contributed by atoms with E-state index in [-0.39, 0.29) is 6.79 Å². The van der Waals surface area contributed by atoms with E-state index in [0.29, 0.717) is 32.2 Å². The van der Waals surface area contributed by atoms with Crippen molar-refractivity contribution >= 4 is 0 Å². The molecule has 0 spiro atoms. The molecule has 15 heavy (non-hydrogen) atoms. The quantitative estimate of drug-likeness (QED) is 0.649. The lowest BCUT2D eigenvalue weighted by Crippen LogP contribution is -2.10. The predicted molar refractivity (Wildman–Crippen MR) is 54.2 cm³/mol. The lowest BCUT2D eigenvalue weighted by Gasteiger charge is -2.10. The van der Waals surface area contributed by atoms with Gasteiger partial charge >= 0.3 is 0 Å². The molecule has 0 radical (unpaired) electrons. The lowest BCUT2D eigenvalue weighted by molar-refractivity contribution is -0.0154. The van der Waals surface area contributed by atoms with Gasteiger partial charge in [-0.15, -0.1) is 0 Å². The first-order valence-electron chi connectivity index (χ1n) is 4.97. The third kappa shape index (κ3) is 3.11. The topological polar surface area (TPSA) is 36.9 Å². The van der Waals surface area contributed by atoms with Crippen molar-refractivity contribution in [1.82, 2.24) is 0 Å². The molecule has 0 fully saturated rings. The highest BCUT2D eigenvalue weighted by atomic mass is 16.7. The molecule has 1 aromatic carbocycles. The molecule has 1 heterocycles. The van der Waals surface area contributed by atoms with E-state index in [2.05, 4.69) is 0 Å². The third-order valence-electron chi connectivity index (χ3n) is 2.00. The van der Waals surface area contributed by atoms with E-state index in [1.165, 1.54) is 0 Å². The molecule has 2 rings (SSSR count). The van der Waals surface area contributed by atoms with Crippen LogP contribution in [0.4, 0.5) is 0 Å². The van der Waals surface area contributed by atoms with Gasteiger partial charge in [-0.1, -0.05) is 12.1 Å².